The van der Waals surface area contributed by atoms with Gasteiger partial charge in [0, 0.05) is 27.2 Å². The maximum Gasteiger partial charge on any atom is 0.416 e. The van der Waals surface area contributed by atoms with Crippen LogP contribution in [0.25, 0.3) is 0 Å². The molecule has 4 nitrogen and oxygen atoms in total. The van der Waals surface area contributed by atoms with Gasteiger partial charge in [0.15, 0.2) is 0 Å². The molecule has 0 aliphatic carbocycles. The van der Waals surface area contributed by atoms with Crippen molar-refractivity contribution < 1.29 is 26.3 Å². The molecule has 10 heteroatoms. The summed E-state index contributed by atoms with van der Waals surface area (Å²) in [6.07, 6.45) is -7.13. The van der Waals surface area contributed by atoms with E-state index in [1.54, 1.807) is 30.2 Å². The minimum Gasteiger partial charge on any atom is -0.311 e. The highest BCUT2D eigenvalue weighted by Crippen LogP contribution is 2.34. The molecule has 0 spiro atoms. The number of hydrogen-bond acceptors (Lipinski definition) is 4. The molecular formula is C22H28F6N4. The Morgan fingerprint density at radius 2 is 1.12 bits per heavy atom. The number of anilines is 2. The first kappa shape index (κ1) is 25.8. The summed E-state index contributed by atoms with van der Waals surface area (Å²) in [5.41, 5.74) is 7.97. The van der Waals surface area contributed by atoms with E-state index in [1.165, 1.54) is 18.2 Å². The van der Waals surface area contributed by atoms with Crippen molar-refractivity contribution in [3.63, 3.8) is 0 Å². The Bertz CT molecular complexity index is 895. The van der Waals surface area contributed by atoms with Crippen LogP contribution in [0.3, 0.4) is 0 Å². The first-order valence-corrected chi connectivity index (χ1v) is 10.3. The molecule has 32 heavy (non-hydrogen) atoms. The summed E-state index contributed by atoms with van der Waals surface area (Å²) in [6.45, 7) is 5.43. The van der Waals surface area contributed by atoms with Crippen LogP contribution in [0.2, 0.25) is 0 Å². The monoisotopic (exact) mass is 462 g/mol. The second-order valence-electron chi connectivity index (χ2n) is 7.12. The Balaban J connectivity index is 0.000000211. The normalized spacial score (nSPS) is 15.6. The summed E-state index contributed by atoms with van der Waals surface area (Å²) in [6, 6.07) is 7.72. The van der Waals surface area contributed by atoms with Crippen molar-refractivity contribution in [2.24, 2.45) is 0 Å². The van der Waals surface area contributed by atoms with E-state index in [0.717, 1.165) is 41.9 Å². The molecule has 0 aromatic heterocycles. The van der Waals surface area contributed by atoms with E-state index in [0.29, 0.717) is 18.7 Å². The molecule has 0 radical (unpaired) electrons. The fourth-order valence-electron chi connectivity index (χ4n) is 3.44. The molecule has 4 rings (SSSR count). The zero-order chi connectivity index (χ0) is 24.1. The van der Waals surface area contributed by atoms with Crippen LogP contribution >= 0.6 is 0 Å². The molecule has 0 fully saturated rings. The van der Waals surface area contributed by atoms with Crippen molar-refractivity contribution in [1.29, 1.82) is 0 Å². The fourth-order valence-corrected chi connectivity index (χ4v) is 3.44. The number of halogens is 6. The number of benzene rings is 2. The summed E-state index contributed by atoms with van der Waals surface area (Å²) in [5.74, 6) is 0. The highest BCUT2D eigenvalue weighted by Gasteiger charge is 2.32. The van der Waals surface area contributed by atoms with E-state index < -0.39 is 23.5 Å². The molecule has 2 aliphatic rings. The second kappa shape index (κ2) is 10.4. The Hall–Kier alpha value is -2.46. The SMILES string of the molecule is CC.CN1NCCc2cc(C(F)(F)F)ccc21.CN1NCCc2ccc(C(F)(F)F)cc21. The maximum absolute atomic E-state index is 12.4. The van der Waals surface area contributed by atoms with Crippen LogP contribution in [0.15, 0.2) is 36.4 Å². The molecule has 2 aliphatic heterocycles. The summed E-state index contributed by atoms with van der Waals surface area (Å²) in [5, 5.41) is 3.38. The Morgan fingerprint density at radius 1 is 0.656 bits per heavy atom. The van der Waals surface area contributed by atoms with Crippen LogP contribution in [0, 0.1) is 0 Å². The maximum atomic E-state index is 12.4. The molecule has 0 amide bonds. The van der Waals surface area contributed by atoms with Crippen molar-refractivity contribution in [3.8, 4) is 0 Å². The Kier molecular flexibility index (Phi) is 8.41. The third-order valence-corrected chi connectivity index (χ3v) is 5.03. The zero-order valence-electron chi connectivity index (χ0n) is 18.5. The number of nitrogens with zero attached hydrogens (tertiary/aromatic N) is 2. The van der Waals surface area contributed by atoms with Gasteiger partial charge in [0.25, 0.3) is 0 Å². The van der Waals surface area contributed by atoms with E-state index in [9.17, 15) is 26.3 Å². The fraction of sp³-hybridized carbons (Fsp3) is 0.455. The van der Waals surface area contributed by atoms with E-state index in [-0.39, 0.29) is 0 Å². The molecule has 2 heterocycles. The lowest BCUT2D eigenvalue weighted by Gasteiger charge is -2.29. The number of hydrazine groups is 2. The first-order valence-electron chi connectivity index (χ1n) is 10.3. The molecule has 0 bridgehead atoms. The molecule has 2 N–H and O–H groups in total. The van der Waals surface area contributed by atoms with E-state index >= 15 is 0 Å². The topological polar surface area (TPSA) is 30.5 Å². The Morgan fingerprint density at radius 3 is 1.69 bits per heavy atom. The number of fused-ring (bicyclic) bond motifs is 2. The van der Waals surface area contributed by atoms with Gasteiger partial charge in [-0.25, -0.2) is 10.9 Å². The number of hydrogen-bond donors (Lipinski definition) is 2. The van der Waals surface area contributed by atoms with Crippen molar-refractivity contribution >= 4 is 11.4 Å². The standard InChI is InChI=1S/2C10H11F3N2.C2H6/c1-15-9-3-2-8(10(11,12)13)6-7(9)4-5-14-15;1-15-9-6-8(10(11,12)13)3-2-7(9)4-5-14-15;1-2/h2*2-3,6,14H,4-5H2,1H3;1-2H3. The lowest BCUT2D eigenvalue weighted by atomic mass is 10.0. The Labute approximate surface area is 184 Å². The molecule has 178 valence electrons. The number of rotatable bonds is 0. The summed E-state index contributed by atoms with van der Waals surface area (Å²) in [7, 11) is 3.52. The third kappa shape index (κ3) is 6.29. The lowest BCUT2D eigenvalue weighted by molar-refractivity contribution is -0.138. The summed E-state index contributed by atoms with van der Waals surface area (Å²) < 4.78 is 74.6. The molecule has 0 atom stereocenters. The number of nitrogens with one attached hydrogen (secondary N) is 2. The van der Waals surface area contributed by atoms with E-state index in [2.05, 4.69) is 10.9 Å². The van der Waals surface area contributed by atoms with Gasteiger partial charge in [-0.05, 0) is 54.3 Å². The van der Waals surface area contributed by atoms with Crippen LogP contribution in [-0.4, -0.2) is 27.2 Å². The first-order chi connectivity index (χ1) is 15.0. The average Bonchev–Trinajstić information content (AvgIpc) is 2.74. The molecule has 2 aromatic carbocycles. The molecular weight excluding hydrogens is 434 g/mol. The van der Waals surface area contributed by atoms with Gasteiger partial charge in [-0.1, -0.05) is 19.9 Å². The predicted octanol–water partition coefficient (Wildman–Crippen LogP) is 5.43. The van der Waals surface area contributed by atoms with Crippen LogP contribution in [0.1, 0.15) is 36.1 Å². The predicted molar refractivity (Wildman–Crippen MR) is 114 cm³/mol. The quantitative estimate of drug-likeness (QED) is 0.511. The van der Waals surface area contributed by atoms with Gasteiger partial charge in [-0.15, -0.1) is 0 Å². The van der Waals surface area contributed by atoms with Crippen molar-refractivity contribution in [2.75, 3.05) is 37.2 Å². The van der Waals surface area contributed by atoms with Gasteiger partial charge in [0.2, 0.25) is 0 Å². The highest BCUT2D eigenvalue weighted by molar-refractivity contribution is 5.56. The van der Waals surface area contributed by atoms with E-state index in [1.807, 2.05) is 13.8 Å². The van der Waals surface area contributed by atoms with E-state index in [4.69, 9.17) is 0 Å². The minimum absolute atomic E-state index is 0.573. The third-order valence-electron chi connectivity index (χ3n) is 5.03. The van der Waals surface area contributed by atoms with Crippen LogP contribution in [-0.2, 0) is 25.2 Å². The van der Waals surface area contributed by atoms with Gasteiger partial charge in [0.1, 0.15) is 0 Å². The van der Waals surface area contributed by atoms with Crippen LogP contribution < -0.4 is 20.9 Å². The largest absolute Gasteiger partial charge is 0.416 e. The summed E-state index contributed by atoms with van der Waals surface area (Å²) >= 11 is 0. The van der Waals surface area contributed by atoms with Gasteiger partial charge < -0.3 is 10.0 Å². The smallest absolute Gasteiger partial charge is 0.311 e. The zero-order valence-corrected chi connectivity index (χ0v) is 18.5. The van der Waals surface area contributed by atoms with Crippen LogP contribution in [0.5, 0.6) is 0 Å². The molecule has 0 saturated carbocycles. The second-order valence-corrected chi connectivity index (χ2v) is 7.12. The van der Waals surface area contributed by atoms with Gasteiger partial charge in [0.05, 0.1) is 22.5 Å². The van der Waals surface area contributed by atoms with Gasteiger partial charge in [-0.2, -0.15) is 26.3 Å². The van der Waals surface area contributed by atoms with Crippen molar-refractivity contribution in [1.82, 2.24) is 10.9 Å². The van der Waals surface area contributed by atoms with Crippen molar-refractivity contribution in [2.45, 2.75) is 39.0 Å². The molecule has 0 saturated heterocycles. The van der Waals surface area contributed by atoms with Gasteiger partial charge >= 0.3 is 12.4 Å². The highest BCUT2D eigenvalue weighted by atomic mass is 19.4. The van der Waals surface area contributed by atoms with Gasteiger partial charge in [-0.3, -0.25) is 0 Å². The lowest BCUT2D eigenvalue weighted by Crippen LogP contribution is -2.40. The molecule has 2 aromatic rings. The summed E-state index contributed by atoms with van der Waals surface area (Å²) in [4.78, 5) is 0. The van der Waals surface area contributed by atoms with Crippen LogP contribution in [0.4, 0.5) is 37.7 Å². The molecule has 0 unspecified atom stereocenters. The minimum atomic E-state index is -4.27. The number of alkyl halides is 6. The average molecular weight is 462 g/mol. The van der Waals surface area contributed by atoms with Crippen molar-refractivity contribution in [3.05, 3.63) is 58.7 Å².